The molecule has 0 bridgehead atoms. The summed E-state index contributed by atoms with van der Waals surface area (Å²) < 4.78 is 23.1. The van der Waals surface area contributed by atoms with E-state index in [1.54, 1.807) is 0 Å². The monoisotopic (exact) mass is 513 g/mol. The van der Waals surface area contributed by atoms with Crippen molar-refractivity contribution in [1.82, 2.24) is 15.3 Å². The van der Waals surface area contributed by atoms with E-state index < -0.39 is 6.29 Å². The molecule has 2 aliphatic rings. The number of aliphatic hydroxyl groups is 1. The van der Waals surface area contributed by atoms with Gasteiger partial charge in [0.2, 0.25) is 13.1 Å². The molecule has 0 saturated heterocycles. The van der Waals surface area contributed by atoms with Crippen LogP contribution in [0.3, 0.4) is 0 Å². The quantitative estimate of drug-likeness (QED) is 0.326. The summed E-state index contributed by atoms with van der Waals surface area (Å²) in [4.78, 5) is 20.9. The minimum atomic E-state index is -0.639. The van der Waals surface area contributed by atoms with Crippen LogP contribution in [0.25, 0.3) is 11.0 Å². The molecule has 194 valence electrons. The zero-order valence-corrected chi connectivity index (χ0v) is 20.6. The van der Waals surface area contributed by atoms with E-state index in [0.29, 0.717) is 30.4 Å². The van der Waals surface area contributed by atoms with Crippen LogP contribution in [0.2, 0.25) is 0 Å². The second-order valence-electron chi connectivity index (χ2n) is 9.20. The average molecular weight is 514 g/mol. The largest absolute Gasteiger partial charge is 0.459 e. The number of carbonyl (C=O) groups is 1. The first-order chi connectivity index (χ1) is 18.6. The molecule has 0 radical (unpaired) electrons. The van der Waals surface area contributed by atoms with Crippen LogP contribution < -0.4 is 14.8 Å². The number of aromatic nitrogens is 2. The number of nitrogens with zero attached hydrogens (tertiary/aromatic N) is 1. The van der Waals surface area contributed by atoms with E-state index in [1.165, 1.54) is 0 Å². The van der Waals surface area contributed by atoms with Gasteiger partial charge < -0.3 is 34.4 Å². The van der Waals surface area contributed by atoms with Crippen molar-refractivity contribution in [2.75, 3.05) is 6.79 Å². The predicted octanol–water partition coefficient (Wildman–Crippen LogP) is 4.03. The lowest BCUT2D eigenvalue weighted by Crippen LogP contribution is -2.32. The van der Waals surface area contributed by atoms with E-state index in [2.05, 4.69) is 15.3 Å². The summed E-state index contributed by atoms with van der Waals surface area (Å²) >= 11 is 0. The molecule has 6 rings (SSSR count). The highest BCUT2D eigenvalue weighted by atomic mass is 16.7. The van der Waals surface area contributed by atoms with Crippen LogP contribution in [0.5, 0.6) is 11.5 Å². The van der Waals surface area contributed by atoms with E-state index in [-0.39, 0.29) is 37.5 Å². The first-order valence-corrected chi connectivity index (χ1v) is 12.4. The number of imidazole rings is 1. The smallest absolute Gasteiger partial charge is 0.286 e. The highest BCUT2D eigenvalue weighted by molar-refractivity contribution is 5.91. The van der Waals surface area contributed by atoms with Crippen molar-refractivity contribution in [3.8, 4) is 11.5 Å². The molecule has 1 amide bonds. The zero-order chi connectivity index (χ0) is 25.9. The van der Waals surface area contributed by atoms with Crippen molar-refractivity contribution >= 4 is 16.9 Å². The summed E-state index contributed by atoms with van der Waals surface area (Å²) in [5.74, 6) is 1.74. The summed E-state index contributed by atoms with van der Waals surface area (Å²) in [5.41, 5.74) is 4.50. The standard InChI is InChI=1S/C29H27N3O6/c33-15-18-5-7-19(8-6-18)16-35-28-13-21(20-9-10-24-25(11-20)37-17-36-24)12-26(38-28)29(34)30-14-27-31-22-3-1-2-4-23(22)32-27/h1-12,21,28,33H,13-17H2,(H,30,34)(H,31,32)/t21-,28+/m1/s1. The van der Waals surface area contributed by atoms with E-state index in [1.807, 2.05) is 72.8 Å². The van der Waals surface area contributed by atoms with Gasteiger partial charge in [0.25, 0.3) is 5.91 Å². The third kappa shape index (κ3) is 5.20. The summed E-state index contributed by atoms with van der Waals surface area (Å²) in [6.45, 7) is 0.712. The molecular formula is C29H27N3O6. The maximum absolute atomic E-state index is 13.2. The Morgan fingerprint density at radius 1 is 1.05 bits per heavy atom. The summed E-state index contributed by atoms with van der Waals surface area (Å²) in [6.07, 6.45) is 1.70. The highest BCUT2D eigenvalue weighted by Gasteiger charge is 2.30. The summed E-state index contributed by atoms with van der Waals surface area (Å²) in [6, 6.07) is 21.0. The van der Waals surface area contributed by atoms with Gasteiger partial charge in [-0.3, -0.25) is 4.79 Å². The molecule has 3 heterocycles. The lowest BCUT2D eigenvalue weighted by atomic mass is 9.92. The topological polar surface area (TPSA) is 115 Å². The van der Waals surface area contributed by atoms with Crippen LogP contribution in [0.1, 0.15) is 34.9 Å². The van der Waals surface area contributed by atoms with Crippen molar-refractivity contribution < 1.29 is 28.8 Å². The van der Waals surface area contributed by atoms with Crippen molar-refractivity contribution in [3.05, 3.63) is 101 Å². The number of allylic oxidation sites excluding steroid dienone is 1. The second kappa shape index (κ2) is 10.6. The lowest BCUT2D eigenvalue weighted by molar-refractivity contribution is -0.150. The Bertz CT molecular complexity index is 1450. The summed E-state index contributed by atoms with van der Waals surface area (Å²) in [7, 11) is 0. The van der Waals surface area contributed by atoms with Crippen molar-refractivity contribution in [1.29, 1.82) is 0 Å². The third-order valence-corrected chi connectivity index (χ3v) is 6.60. The zero-order valence-electron chi connectivity index (χ0n) is 20.6. The molecule has 3 N–H and O–H groups in total. The number of benzene rings is 3. The van der Waals surface area contributed by atoms with E-state index >= 15 is 0 Å². The van der Waals surface area contributed by atoms with E-state index in [9.17, 15) is 9.90 Å². The fourth-order valence-corrected chi connectivity index (χ4v) is 4.56. The van der Waals surface area contributed by atoms with Gasteiger partial charge >= 0.3 is 0 Å². The Kier molecular flexibility index (Phi) is 6.68. The minimum absolute atomic E-state index is 0.0125. The van der Waals surface area contributed by atoms with Gasteiger partial charge in [-0.25, -0.2) is 4.98 Å². The first-order valence-electron chi connectivity index (χ1n) is 12.4. The molecule has 9 heteroatoms. The molecule has 2 atom stereocenters. The number of H-pyrrole nitrogens is 1. The fraction of sp³-hybridized carbons (Fsp3) is 0.241. The van der Waals surface area contributed by atoms with E-state index in [0.717, 1.165) is 27.7 Å². The molecule has 0 saturated carbocycles. The molecule has 4 aromatic rings. The van der Waals surface area contributed by atoms with Crippen molar-refractivity contribution in [3.63, 3.8) is 0 Å². The maximum Gasteiger partial charge on any atom is 0.286 e. The van der Waals surface area contributed by atoms with Gasteiger partial charge in [-0.2, -0.15) is 0 Å². The van der Waals surface area contributed by atoms with Gasteiger partial charge in [-0.05, 0) is 47.0 Å². The van der Waals surface area contributed by atoms with Crippen LogP contribution in [-0.2, 0) is 34.0 Å². The van der Waals surface area contributed by atoms with Crippen LogP contribution >= 0.6 is 0 Å². The fourth-order valence-electron chi connectivity index (χ4n) is 4.56. The lowest BCUT2D eigenvalue weighted by Gasteiger charge is -2.29. The van der Waals surface area contributed by atoms with Crippen LogP contribution in [-0.4, -0.2) is 34.1 Å². The molecule has 9 nitrogen and oxygen atoms in total. The number of para-hydroxylation sites is 2. The van der Waals surface area contributed by atoms with Gasteiger partial charge in [0.05, 0.1) is 30.8 Å². The predicted molar refractivity (Wildman–Crippen MR) is 138 cm³/mol. The van der Waals surface area contributed by atoms with Crippen LogP contribution in [0, 0.1) is 0 Å². The van der Waals surface area contributed by atoms with Crippen molar-refractivity contribution in [2.45, 2.75) is 38.4 Å². The Labute approximate surface area is 219 Å². The van der Waals surface area contributed by atoms with Gasteiger partial charge in [-0.15, -0.1) is 0 Å². The van der Waals surface area contributed by atoms with Gasteiger partial charge in [0.15, 0.2) is 17.3 Å². The number of fused-ring (bicyclic) bond motifs is 2. The van der Waals surface area contributed by atoms with Crippen LogP contribution in [0.4, 0.5) is 0 Å². The SMILES string of the molecule is O=C(NCc1nc2ccccc2[nH]1)C1=C[C@@H](c2ccc3c(c2)OCO3)C[C@@H](OCc2ccc(CO)cc2)O1. The Balaban J connectivity index is 1.18. The first kappa shape index (κ1) is 24.0. The van der Waals surface area contributed by atoms with Crippen molar-refractivity contribution in [2.24, 2.45) is 0 Å². The third-order valence-electron chi connectivity index (χ3n) is 6.60. The number of aromatic amines is 1. The van der Waals surface area contributed by atoms with Crippen LogP contribution in [0.15, 0.2) is 78.6 Å². The molecule has 1 aromatic heterocycles. The second-order valence-corrected chi connectivity index (χ2v) is 9.20. The van der Waals surface area contributed by atoms with Gasteiger partial charge in [0.1, 0.15) is 5.82 Å². The summed E-state index contributed by atoms with van der Waals surface area (Å²) in [5, 5.41) is 12.2. The molecule has 38 heavy (non-hydrogen) atoms. The number of nitrogens with one attached hydrogen (secondary N) is 2. The molecule has 0 spiro atoms. The molecule has 2 aliphatic heterocycles. The normalized spacial score (nSPS) is 18.2. The molecular weight excluding hydrogens is 486 g/mol. The Morgan fingerprint density at radius 3 is 2.71 bits per heavy atom. The number of ether oxygens (including phenoxy) is 4. The Morgan fingerprint density at radius 2 is 1.87 bits per heavy atom. The molecule has 0 aliphatic carbocycles. The van der Waals surface area contributed by atoms with Gasteiger partial charge in [0, 0.05) is 12.3 Å². The number of aliphatic hydroxyl groups excluding tert-OH is 1. The average Bonchev–Trinajstić information content (AvgIpc) is 3.61. The number of amides is 1. The number of hydrogen-bond acceptors (Lipinski definition) is 7. The van der Waals surface area contributed by atoms with E-state index in [4.69, 9.17) is 18.9 Å². The van der Waals surface area contributed by atoms with Gasteiger partial charge in [-0.1, -0.05) is 42.5 Å². The Hall–Kier alpha value is -4.34. The number of rotatable bonds is 8. The molecule has 3 aromatic carbocycles. The molecule has 0 fully saturated rings. The minimum Gasteiger partial charge on any atom is -0.459 e. The molecule has 0 unspecified atom stereocenters. The number of hydrogen-bond donors (Lipinski definition) is 3. The maximum atomic E-state index is 13.2. The number of carbonyl (C=O) groups excluding carboxylic acids is 1. The highest BCUT2D eigenvalue weighted by Crippen LogP contribution is 2.38.